The van der Waals surface area contributed by atoms with Crippen LogP contribution in [0.2, 0.25) is 0 Å². The second-order valence-electron chi connectivity index (χ2n) is 10.8. The highest BCUT2D eigenvalue weighted by atomic mass is 32.2. The van der Waals surface area contributed by atoms with Gasteiger partial charge in [-0.2, -0.15) is 8.42 Å². The van der Waals surface area contributed by atoms with Crippen molar-refractivity contribution in [1.29, 1.82) is 0 Å². The van der Waals surface area contributed by atoms with E-state index in [4.69, 9.17) is 4.18 Å². The van der Waals surface area contributed by atoms with E-state index < -0.39 is 10.1 Å². The fourth-order valence-corrected chi connectivity index (χ4v) is 7.72. The number of hydrogen-bond acceptors (Lipinski definition) is 4. The Morgan fingerprint density at radius 1 is 0.969 bits per heavy atom. The maximum atomic E-state index is 11.0. The summed E-state index contributed by atoms with van der Waals surface area (Å²) in [7, 11) is -3.29. The number of rotatable bonds is 11. The van der Waals surface area contributed by atoms with Crippen LogP contribution in [0, 0.1) is 23.7 Å². The zero-order valence-electron chi connectivity index (χ0n) is 19.8. The first-order valence-corrected chi connectivity index (χ1v) is 14.9. The minimum atomic E-state index is -3.29. The molecule has 32 heavy (non-hydrogen) atoms. The molecule has 5 atom stereocenters. The van der Waals surface area contributed by atoms with Gasteiger partial charge >= 0.3 is 0 Å². The Bertz CT molecular complexity index is 849. The summed E-state index contributed by atoms with van der Waals surface area (Å²) in [6.07, 6.45) is 18.9. The topological polar surface area (TPSA) is 63.6 Å². The van der Waals surface area contributed by atoms with E-state index in [9.17, 15) is 13.5 Å². The first kappa shape index (κ1) is 24.1. The fraction of sp³-hybridized carbons (Fsp3) is 0.778. The number of benzene rings is 1. The van der Waals surface area contributed by atoms with Crippen molar-refractivity contribution in [2.24, 2.45) is 23.7 Å². The van der Waals surface area contributed by atoms with Gasteiger partial charge in [-0.25, -0.2) is 0 Å². The van der Waals surface area contributed by atoms with Crippen LogP contribution in [0.1, 0.15) is 101 Å². The average Bonchev–Trinajstić information content (AvgIpc) is 3.22. The van der Waals surface area contributed by atoms with Gasteiger partial charge in [-0.05, 0) is 91.4 Å². The SMILES string of the molecule is CS(=O)(=O)OCCCCCCCCCC1Cc2cc(O)ccc2C2CCC3CCCC3C12. The molecule has 1 aromatic rings. The van der Waals surface area contributed by atoms with Crippen molar-refractivity contribution in [3.8, 4) is 5.75 Å². The fourth-order valence-electron chi connectivity index (χ4n) is 7.30. The lowest BCUT2D eigenvalue weighted by molar-refractivity contribution is 0.0803. The zero-order valence-corrected chi connectivity index (χ0v) is 20.6. The summed E-state index contributed by atoms with van der Waals surface area (Å²) in [6, 6.07) is 6.19. The molecular formula is C27H42O4S. The minimum absolute atomic E-state index is 0.322. The monoisotopic (exact) mass is 462 g/mol. The Labute approximate surface area is 195 Å². The van der Waals surface area contributed by atoms with Crippen LogP contribution in [0.4, 0.5) is 0 Å². The molecule has 1 N–H and O–H groups in total. The maximum Gasteiger partial charge on any atom is 0.264 e. The van der Waals surface area contributed by atoms with E-state index in [1.807, 2.05) is 12.1 Å². The highest BCUT2D eigenvalue weighted by molar-refractivity contribution is 7.85. The lowest BCUT2D eigenvalue weighted by atomic mass is 9.56. The third kappa shape index (κ3) is 6.08. The van der Waals surface area contributed by atoms with E-state index >= 15 is 0 Å². The zero-order chi connectivity index (χ0) is 22.6. The van der Waals surface area contributed by atoms with Crippen molar-refractivity contribution in [3.63, 3.8) is 0 Å². The lowest BCUT2D eigenvalue weighted by Crippen LogP contribution is -2.40. The molecule has 0 heterocycles. The van der Waals surface area contributed by atoms with Crippen LogP contribution >= 0.6 is 0 Å². The molecule has 0 aromatic heterocycles. The normalized spacial score (nSPS) is 29.3. The molecule has 0 amide bonds. The molecule has 0 aliphatic heterocycles. The van der Waals surface area contributed by atoms with Gasteiger partial charge in [0.15, 0.2) is 0 Å². The summed E-state index contributed by atoms with van der Waals surface area (Å²) in [6.45, 7) is 0.322. The van der Waals surface area contributed by atoms with Crippen LogP contribution in [0.3, 0.4) is 0 Å². The number of hydrogen-bond donors (Lipinski definition) is 1. The van der Waals surface area contributed by atoms with Crippen molar-refractivity contribution in [2.75, 3.05) is 12.9 Å². The molecule has 5 unspecified atom stereocenters. The van der Waals surface area contributed by atoms with Crippen molar-refractivity contribution in [3.05, 3.63) is 29.3 Å². The van der Waals surface area contributed by atoms with Gasteiger partial charge in [0, 0.05) is 0 Å². The highest BCUT2D eigenvalue weighted by Crippen LogP contribution is 2.57. The second kappa shape index (κ2) is 10.9. The summed E-state index contributed by atoms with van der Waals surface area (Å²) < 4.78 is 26.7. The third-order valence-electron chi connectivity index (χ3n) is 8.59. The number of aromatic hydroxyl groups is 1. The average molecular weight is 463 g/mol. The molecular weight excluding hydrogens is 420 g/mol. The Balaban J connectivity index is 1.24. The maximum absolute atomic E-state index is 11.0. The van der Waals surface area contributed by atoms with Gasteiger partial charge in [0.05, 0.1) is 12.9 Å². The van der Waals surface area contributed by atoms with Crippen LogP contribution in [0.5, 0.6) is 5.75 Å². The smallest absolute Gasteiger partial charge is 0.264 e. The van der Waals surface area contributed by atoms with Crippen LogP contribution in [0.15, 0.2) is 18.2 Å². The van der Waals surface area contributed by atoms with Crippen LogP contribution in [-0.4, -0.2) is 26.4 Å². The van der Waals surface area contributed by atoms with Gasteiger partial charge in [-0.15, -0.1) is 0 Å². The second-order valence-corrected chi connectivity index (χ2v) is 12.4. The summed E-state index contributed by atoms with van der Waals surface area (Å²) in [5, 5.41) is 10.1. The van der Waals surface area contributed by atoms with Crippen LogP contribution in [0.25, 0.3) is 0 Å². The molecule has 4 nitrogen and oxygen atoms in total. The molecule has 0 saturated heterocycles. The summed E-state index contributed by atoms with van der Waals surface area (Å²) in [4.78, 5) is 0. The Morgan fingerprint density at radius 2 is 1.72 bits per heavy atom. The molecule has 2 saturated carbocycles. The third-order valence-corrected chi connectivity index (χ3v) is 9.19. The van der Waals surface area contributed by atoms with Gasteiger partial charge in [0.2, 0.25) is 0 Å². The molecule has 2 fully saturated rings. The number of unbranched alkanes of at least 4 members (excludes halogenated alkanes) is 6. The molecule has 0 bridgehead atoms. The Morgan fingerprint density at radius 3 is 2.50 bits per heavy atom. The molecule has 3 aliphatic rings. The van der Waals surface area contributed by atoms with Crippen molar-refractivity contribution < 1.29 is 17.7 Å². The van der Waals surface area contributed by atoms with E-state index in [-0.39, 0.29) is 0 Å². The summed E-state index contributed by atoms with van der Waals surface area (Å²) >= 11 is 0. The highest BCUT2D eigenvalue weighted by Gasteiger charge is 2.47. The number of phenolic OH excluding ortho intramolecular Hbond substituents is 1. The van der Waals surface area contributed by atoms with Gasteiger partial charge < -0.3 is 5.11 Å². The lowest BCUT2D eigenvalue weighted by Gasteiger charge is -2.48. The first-order valence-electron chi connectivity index (χ1n) is 13.1. The quantitative estimate of drug-likeness (QED) is 0.298. The van der Waals surface area contributed by atoms with E-state index in [1.165, 1.54) is 69.8 Å². The molecule has 3 aliphatic carbocycles. The molecule has 0 radical (unpaired) electrons. The molecule has 180 valence electrons. The van der Waals surface area contributed by atoms with Gasteiger partial charge in [-0.3, -0.25) is 4.18 Å². The minimum Gasteiger partial charge on any atom is -0.508 e. The largest absolute Gasteiger partial charge is 0.508 e. The van der Waals surface area contributed by atoms with E-state index in [0.29, 0.717) is 12.4 Å². The molecule has 5 heteroatoms. The molecule has 4 rings (SSSR count). The van der Waals surface area contributed by atoms with Crippen LogP contribution in [-0.2, 0) is 20.7 Å². The van der Waals surface area contributed by atoms with Crippen molar-refractivity contribution >= 4 is 10.1 Å². The van der Waals surface area contributed by atoms with E-state index in [2.05, 4.69) is 6.07 Å². The van der Waals surface area contributed by atoms with Crippen molar-refractivity contribution in [1.82, 2.24) is 0 Å². The standard InChI is InChI=1S/C27H42O4S/c1-32(29,30)31-17-8-6-4-2-3-5-7-10-21-18-22-19-23(28)14-16-24(22)26-15-13-20-11-9-12-25(20)27(21)26/h14,16,19-21,25-28H,2-13,15,17-18H2,1H3. The Kier molecular flexibility index (Phi) is 8.20. The number of fused-ring (bicyclic) bond motifs is 5. The van der Waals surface area contributed by atoms with Gasteiger partial charge in [-0.1, -0.05) is 57.4 Å². The predicted octanol–water partition coefficient (Wildman–Crippen LogP) is 6.57. The van der Waals surface area contributed by atoms with Gasteiger partial charge in [0.25, 0.3) is 10.1 Å². The molecule has 1 aromatic carbocycles. The first-order chi connectivity index (χ1) is 15.4. The molecule has 0 spiro atoms. The van der Waals surface area contributed by atoms with Gasteiger partial charge in [0.1, 0.15) is 5.75 Å². The predicted molar refractivity (Wildman–Crippen MR) is 129 cm³/mol. The summed E-state index contributed by atoms with van der Waals surface area (Å²) in [5.41, 5.74) is 2.97. The van der Waals surface area contributed by atoms with Crippen LogP contribution < -0.4 is 0 Å². The van der Waals surface area contributed by atoms with E-state index in [0.717, 1.165) is 61.5 Å². The summed E-state index contributed by atoms with van der Waals surface area (Å²) in [5.74, 6) is 4.71. The van der Waals surface area contributed by atoms with Crippen molar-refractivity contribution in [2.45, 2.75) is 95.8 Å². The number of phenols is 1. The van der Waals surface area contributed by atoms with E-state index in [1.54, 1.807) is 5.56 Å². The Hall–Kier alpha value is -1.07.